The molecule has 2 aromatic rings. The Balaban J connectivity index is 2.15. The number of carbonyl (C=O) groups is 1. The number of benzene rings is 1. The molecular weight excluding hydrogens is 274 g/mol. The van der Waals surface area contributed by atoms with E-state index in [0.29, 0.717) is 10.7 Å². The van der Waals surface area contributed by atoms with Gasteiger partial charge in [-0.25, -0.2) is 10.4 Å². The van der Waals surface area contributed by atoms with Gasteiger partial charge in [0.25, 0.3) is 5.91 Å². The second-order valence-electron chi connectivity index (χ2n) is 4.65. The van der Waals surface area contributed by atoms with Gasteiger partial charge in [-0.15, -0.1) is 0 Å². The lowest BCUT2D eigenvalue weighted by molar-refractivity contribution is 0.0970. The van der Waals surface area contributed by atoms with E-state index in [1.54, 1.807) is 19.3 Å². The molecule has 1 amide bonds. The molecule has 0 aliphatic carbocycles. The van der Waals surface area contributed by atoms with E-state index in [-0.39, 0.29) is 5.91 Å². The van der Waals surface area contributed by atoms with Crippen LogP contribution in [0.5, 0.6) is 0 Å². The van der Waals surface area contributed by atoms with Gasteiger partial charge in [-0.2, -0.15) is 0 Å². The van der Waals surface area contributed by atoms with Crippen molar-refractivity contribution >= 4 is 23.2 Å². The fourth-order valence-corrected chi connectivity index (χ4v) is 2.71. The Morgan fingerprint density at radius 2 is 2.05 bits per heavy atom. The number of aryl methyl sites for hydroxylation is 2. The number of nitrogens with zero attached hydrogens (tertiary/aromatic N) is 2. The molecule has 0 spiro atoms. The number of pyridine rings is 1. The number of hydrogen-bond donors (Lipinski definition) is 1. The maximum absolute atomic E-state index is 12.6. The van der Waals surface area contributed by atoms with Crippen LogP contribution in [0, 0.1) is 0 Å². The lowest BCUT2D eigenvalue weighted by Gasteiger charge is -2.26. The average Bonchev–Trinajstić information content (AvgIpc) is 2.46. The smallest absolute Gasteiger partial charge is 0.265 e. The molecule has 0 fully saturated rings. The molecule has 1 aromatic carbocycles. The van der Waals surface area contributed by atoms with Gasteiger partial charge in [-0.05, 0) is 48.2 Å². The van der Waals surface area contributed by atoms with Crippen LogP contribution in [0.15, 0.2) is 36.5 Å². The first kappa shape index (κ1) is 13.1. The van der Waals surface area contributed by atoms with Crippen molar-refractivity contribution in [3.05, 3.63) is 58.4 Å². The molecule has 0 radical (unpaired) electrons. The van der Waals surface area contributed by atoms with Gasteiger partial charge in [0.15, 0.2) is 0 Å². The van der Waals surface area contributed by atoms with Crippen molar-refractivity contribution in [3.8, 4) is 0 Å². The highest BCUT2D eigenvalue weighted by Crippen LogP contribution is 2.28. The van der Waals surface area contributed by atoms with Crippen molar-refractivity contribution in [2.75, 3.05) is 12.1 Å². The van der Waals surface area contributed by atoms with Gasteiger partial charge in [0.2, 0.25) is 0 Å². The SMILES string of the molecule is CNN1C(=O)c2ncccc2CCc2cc(Cl)ccc21. The van der Waals surface area contributed by atoms with E-state index in [4.69, 9.17) is 11.6 Å². The topological polar surface area (TPSA) is 45.2 Å². The number of fused-ring (bicyclic) bond motifs is 2. The summed E-state index contributed by atoms with van der Waals surface area (Å²) in [7, 11) is 1.72. The predicted molar refractivity (Wildman–Crippen MR) is 79.0 cm³/mol. The van der Waals surface area contributed by atoms with Crippen LogP contribution >= 0.6 is 11.6 Å². The van der Waals surface area contributed by atoms with Crippen LogP contribution in [-0.4, -0.2) is 17.9 Å². The lowest BCUT2D eigenvalue weighted by Crippen LogP contribution is -2.42. The number of nitrogens with one attached hydrogen (secondary N) is 1. The van der Waals surface area contributed by atoms with Crippen molar-refractivity contribution in [2.45, 2.75) is 12.8 Å². The molecule has 3 rings (SSSR count). The van der Waals surface area contributed by atoms with Gasteiger partial charge in [-0.3, -0.25) is 9.78 Å². The van der Waals surface area contributed by atoms with Crippen molar-refractivity contribution in [1.82, 2.24) is 10.4 Å². The third-order valence-corrected chi connectivity index (χ3v) is 3.70. The van der Waals surface area contributed by atoms with Gasteiger partial charge < -0.3 is 0 Å². The van der Waals surface area contributed by atoms with E-state index >= 15 is 0 Å². The predicted octanol–water partition coefficient (Wildman–Crippen LogP) is 2.61. The van der Waals surface area contributed by atoms with E-state index in [1.807, 2.05) is 24.3 Å². The molecule has 102 valence electrons. The number of hydrogen-bond acceptors (Lipinski definition) is 3. The summed E-state index contributed by atoms with van der Waals surface area (Å²) in [6.07, 6.45) is 3.24. The summed E-state index contributed by atoms with van der Waals surface area (Å²) in [5, 5.41) is 2.20. The van der Waals surface area contributed by atoms with E-state index in [1.165, 1.54) is 5.01 Å². The van der Waals surface area contributed by atoms with Crippen molar-refractivity contribution in [3.63, 3.8) is 0 Å². The fourth-order valence-electron chi connectivity index (χ4n) is 2.51. The summed E-state index contributed by atoms with van der Waals surface area (Å²) in [4.78, 5) is 16.9. The Hall–Kier alpha value is -1.91. The minimum absolute atomic E-state index is 0.147. The lowest BCUT2D eigenvalue weighted by atomic mass is 9.99. The minimum atomic E-state index is -0.147. The number of halogens is 1. The Morgan fingerprint density at radius 1 is 1.25 bits per heavy atom. The molecule has 1 aromatic heterocycles. The highest BCUT2D eigenvalue weighted by Gasteiger charge is 2.25. The molecule has 5 heteroatoms. The number of aromatic nitrogens is 1. The zero-order valence-electron chi connectivity index (χ0n) is 11.1. The molecule has 20 heavy (non-hydrogen) atoms. The van der Waals surface area contributed by atoms with E-state index < -0.39 is 0 Å². The summed E-state index contributed by atoms with van der Waals surface area (Å²) in [5.74, 6) is -0.147. The quantitative estimate of drug-likeness (QED) is 0.877. The fraction of sp³-hybridized carbons (Fsp3) is 0.200. The first-order valence-corrected chi connectivity index (χ1v) is 6.82. The van der Waals surface area contributed by atoms with Gasteiger partial charge >= 0.3 is 0 Å². The third kappa shape index (κ3) is 2.17. The Bertz CT molecular complexity index is 672. The van der Waals surface area contributed by atoms with Crippen LogP contribution < -0.4 is 10.4 Å². The molecule has 0 saturated carbocycles. The van der Waals surface area contributed by atoms with Crippen LogP contribution in [0.25, 0.3) is 0 Å². The number of hydrazine groups is 1. The standard InChI is InChI=1S/C15H14ClN3O/c1-17-19-13-7-6-12(16)9-11(13)5-4-10-3-2-8-18-14(10)15(19)20/h2-3,6-9,17H,4-5H2,1H3. The normalized spacial score (nSPS) is 14.3. The zero-order valence-corrected chi connectivity index (χ0v) is 11.8. The van der Waals surface area contributed by atoms with Crippen LogP contribution in [0.2, 0.25) is 5.02 Å². The minimum Gasteiger partial charge on any atom is -0.265 e. The third-order valence-electron chi connectivity index (χ3n) is 3.47. The molecule has 0 unspecified atom stereocenters. The van der Waals surface area contributed by atoms with Crippen LogP contribution in [-0.2, 0) is 12.8 Å². The average molecular weight is 288 g/mol. The van der Waals surface area contributed by atoms with Gasteiger partial charge in [0, 0.05) is 18.3 Å². The number of amides is 1. The first-order chi connectivity index (χ1) is 9.70. The highest BCUT2D eigenvalue weighted by molar-refractivity contribution is 6.30. The summed E-state index contributed by atoms with van der Waals surface area (Å²) in [5.41, 5.74) is 6.28. The molecule has 4 nitrogen and oxygen atoms in total. The second kappa shape index (κ2) is 5.23. The molecule has 0 bridgehead atoms. The van der Waals surface area contributed by atoms with Gasteiger partial charge in [0.05, 0.1) is 5.69 Å². The van der Waals surface area contributed by atoms with Crippen LogP contribution in [0.3, 0.4) is 0 Å². The molecule has 1 N–H and O–H groups in total. The maximum Gasteiger partial charge on any atom is 0.291 e. The molecule has 1 aliphatic rings. The van der Waals surface area contributed by atoms with Crippen molar-refractivity contribution in [1.29, 1.82) is 0 Å². The molecule has 1 aliphatic heterocycles. The van der Waals surface area contributed by atoms with E-state index in [2.05, 4.69) is 10.4 Å². The second-order valence-corrected chi connectivity index (χ2v) is 5.08. The van der Waals surface area contributed by atoms with Crippen molar-refractivity contribution < 1.29 is 4.79 Å². The molecular formula is C15H14ClN3O. The van der Waals surface area contributed by atoms with Gasteiger partial charge in [0.1, 0.15) is 5.69 Å². The Kier molecular flexibility index (Phi) is 3.42. The number of rotatable bonds is 1. The van der Waals surface area contributed by atoms with Crippen LogP contribution in [0.4, 0.5) is 5.69 Å². The first-order valence-electron chi connectivity index (χ1n) is 6.45. The summed E-state index contributed by atoms with van der Waals surface area (Å²) >= 11 is 6.06. The van der Waals surface area contributed by atoms with Gasteiger partial charge in [-0.1, -0.05) is 17.7 Å². The van der Waals surface area contributed by atoms with Crippen molar-refractivity contribution in [2.24, 2.45) is 0 Å². The maximum atomic E-state index is 12.6. The van der Waals surface area contributed by atoms with Crippen LogP contribution in [0.1, 0.15) is 21.6 Å². The molecule has 0 atom stereocenters. The Morgan fingerprint density at radius 3 is 2.85 bits per heavy atom. The zero-order chi connectivity index (χ0) is 14.1. The molecule has 0 saturated heterocycles. The number of carbonyl (C=O) groups excluding carboxylic acids is 1. The molecule has 2 heterocycles. The largest absolute Gasteiger partial charge is 0.291 e. The monoisotopic (exact) mass is 287 g/mol. The summed E-state index contributed by atoms with van der Waals surface area (Å²) in [6, 6.07) is 9.37. The highest BCUT2D eigenvalue weighted by atomic mass is 35.5. The van der Waals surface area contributed by atoms with E-state index in [0.717, 1.165) is 29.7 Å². The van der Waals surface area contributed by atoms with E-state index in [9.17, 15) is 4.79 Å². The number of anilines is 1. The summed E-state index contributed by atoms with van der Waals surface area (Å²) in [6.45, 7) is 0. The summed E-state index contributed by atoms with van der Waals surface area (Å²) < 4.78 is 0. The Labute approximate surface area is 122 Å².